The van der Waals surface area contributed by atoms with Gasteiger partial charge in [-0.1, -0.05) is 18.2 Å². The van der Waals surface area contributed by atoms with Crippen molar-refractivity contribution in [3.63, 3.8) is 0 Å². The van der Waals surface area contributed by atoms with Crippen LogP contribution in [0.1, 0.15) is 10.4 Å². The van der Waals surface area contributed by atoms with Crippen LogP contribution in [-0.4, -0.2) is 15.3 Å². The second-order valence-electron chi connectivity index (χ2n) is 4.29. The van der Waals surface area contributed by atoms with Gasteiger partial charge in [-0.2, -0.15) is 0 Å². The molecule has 0 aliphatic heterocycles. The Hall–Kier alpha value is -1.47. The summed E-state index contributed by atoms with van der Waals surface area (Å²) >= 11 is 3.85. The maximum Gasteiger partial charge on any atom is 0.182 e. The van der Waals surface area contributed by atoms with E-state index in [0.29, 0.717) is 6.54 Å². The van der Waals surface area contributed by atoms with E-state index in [1.165, 1.54) is 0 Å². The first-order valence-corrected chi connectivity index (χ1v) is 8.03. The third kappa shape index (κ3) is 2.83. The zero-order valence-corrected chi connectivity index (χ0v) is 13.5. The van der Waals surface area contributed by atoms with Crippen molar-refractivity contribution in [2.45, 2.75) is 6.54 Å². The summed E-state index contributed by atoms with van der Waals surface area (Å²) in [6, 6.07) is 11.6. The first kappa shape index (κ1) is 13.5. The molecule has 0 amide bonds. The summed E-state index contributed by atoms with van der Waals surface area (Å²) < 4.78 is 3.02. The van der Waals surface area contributed by atoms with Gasteiger partial charge in [0.05, 0.1) is 11.4 Å². The third-order valence-corrected chi connectivity index (χ3v) is 4.52. The van der Waals surface area contributed by atoms with Gasteiger partial charge in [-0.3, -0.25) is 4.79 Å². The standard InChI is InChI=1S/C15H11IN2OS/c16-12-5-3-11(4-6-12)13(19)10-18-8-7-17-15(18)14-2-1-9-20-14/h1-9H,10H2. The van der Waals surface area contributed by atoms with E-state index >= 15 is 0 Å². The van der Waals surface area contributed by atoms with Crippen molar-refractivity contribution in [1.29, 1.82) is 0 Å². The molecule has 20 heavy (non-hydrogen) atoms. The van der Waals surface area contributed by atoms with Crippen molar-refractivity contribution < 1.29 is 4.79 Å². The van der Waals surface area contributed by atoms with Gasteiger partial charge in [0, 0.05) is 21.5 Å². The number of halogens is 1. The van der Waals surface area contributed by atoms with E-state index in [1.54, 1.807) is 17.5 Å². The molecule has 3 rings (SSSR count). The summed E-state index contributed by atoms with van der Waals surface area (Å²) in [5.41, 5.74) is 0.733. The van der Waals surface area contributed by atoms with Gasteiger partial charge in [0.1, 0.15) is 5.82 Å². The van der Waals surface area contributed by atoms with E-state index in [9.17, 15) is 4.79 Å². The molecule has 3 aromatic rings. The van der Waals surface area contributed by atoms with Crippen LogP contribution in [0.2, 0.25) is 0 Å². The number of nitrogens with zero attached hydrogens (tertiary/aromatic N) is 2. The Morgan fingerprint density at radius 1 is 1.25 bits per heavy atom. The molecule has 2 aromatic heterocycles. The molecular weight excluding hydrogens is 383 g/mol. The first-order chi connectivity index (χ1) is 9.74. The van der Waals surface area contributed by atoms with E-state index in [2.05, 4.69) is 27.6 Å². The molecule has 0 saturated carbocycles. The number of thiophene rings is 1. The summed E-state index contributed by atoms with van der Waals surface area (Å²) in [5.74, 6) is 0.941. The number of ketones is 1. The molecule has 0 bridgehead atoms. The average molecular weight is 394 g/mol. The lowest BCUT2D eigenvalue weighted by atomic mass is 10.1. The van der Waals surface area contributed by atoms with Crippen LogP contribution < -0.4 is 0 Å². The highest BCUT2D eigenvalue weighted by Crippen LogP contribution is 2.23. The van der Waals surface area contributed by atoms with Gasteiger partial charge in [0.15, 0.2) is 5.78 Å². The van der Waals surface area contributed by atoms with Crippen molar-refractivity contribution in [3.05, 3.63) is 63.3 Å². The fraction of sp³-hybridized carbons (Fsp3) is 0.0667. The molecule has 1 aromatic carbocycles. The largest absolute Gasteiger partial charge is 0.323 e. The molecule has 0 fully saturated rings. The molecular formula is C15H11IN2OS. The van der Waals surface area contributed by atoms with Gasteiger partial charge in [-0.25, -0.2) is 4.98 Å². The molecule has 100 valence electrons. The predicted octanol–water partition coefficient (Wildman–Crippen LogP) is 4.10. The molecule has 0 unspecified atom stereocenters. The Bertz CT molecular complexity index is 717. The fourth-order valence-electron chi connectivity index (χ4n) is 1.95. The lowest BCUT2D eigenvalue weighted by Crippen LogP contribution is -2.10. The smallest absolute Gasteiger partial charge is 0.182 e. The molecule has 0 aliphatic carbocycles. The maximum atomic E-state index is 12.3. The first-order valence-electron chi connectivity index (χ1n) is 6.08. The van der Waals surface area contributed by atoms with Crippen molar-refractivity contribution in [2.24, 2.45) is 0 Å². The minimum atomic E-state index is 0.0946. The van der Waals surface area contributed by atoms with Gasteiger partial charge in [0.25, 0.3) is 0 Å². The highest BCUT2D eigenvalue weighted by molar-refractivity contribution is 14.1. The highest BCUT2D eigenvalue weighted by atomic mass is 127. The Balaban J connectivity index is 1.83. The monoisotopic (exact) mass is 394 g/mol. The maximum absolute atomic E-state index is 12.3. The molecule has 2 heterocycles. The van der Waals surface area contributed by atoms with E-state index in [4.69, 9.17) is 0 Å². The van der Waals surface area contributed by atoms with E-state index in [1.807, 2.05) is 52.5 Å². The number of imidazole rings is 1. The number of carbonyl (C=O) groups excluding carboxylic acids is 1. The van der Waals surface area contributed by atoms with Gasteiger partial charge < -0.3 is 4.57 Å². The van der Waals surface area contributed by atoms with Crippen LogP contribution >= 0.6 is 33.9 Å². The number of aromatic nitrogens is 2. The summed E-state index contributed by atoms with van der Waals surface area (Å²) in [6.45, 7) is 0.313. The SMILES string of the molecule is O=C(Cn1ccnc1-c1cccs1)c1ccc(I)cc1. The Labute approximate surface area is 134 Å². The van der Waals surface area contributed by atoms with Crippen LogP contribution in [-0.2, 0) is 6.54 Å². The van der Waals surface area contributed by atoms with Crippen LogP contribution in [0.25, 0.3) is 10.7 Å². The Morgan fingerprint density at radius 3 is 2.75 bits per heavy atom. The third-order valence-electron chi connectivity index (χ3n) is 2.94. The zero-order valence-electron chi connectivity index (χ0n) is 10.5. The summed E-state index contributed by atoms with van der Waals surface area (Å²) in [5, 5.41) is 2.01. The zero-order chi connectivity index (χ0) is 13.9. The van der Waals surface area contributed by atoms with E-state index < -0.39 is 0 Å². The van der Waals surface area contributed by atoms with Crippen LogP contribution in [0.3, 0.4) is 0 Å². The second-order valence-corrected chi connectivity index (χ2v) is 6.48. The number of benzene rings is 1. The molecule has 0 aliphatic rings. The van der Waals surface area contributed by atoms with Crippen LogP contribution in [0.5, 0.6) is 0 Å². The van der Waals surface area contributed by atoms with Crippen molar-refractivity contribution >= 4 is 39.7 Å². The Kier molecular flexibility index (Phi) is 3.98. The topological polar surface area (TPSA) is 34.9 Å². The molecule has 5 heteroatoms. The van der Waals surface area contributed by atoms with Crippen LogP contribution in [0.4, 0.5) is 0 Å². The highest BCUT2D eigenvalue weighted by Gasteiger charge is 2.11. The average Bonchev–Trinajstić information content (AvgIpc) is 3.09. The summed E-state index contributed by atoms with van der Waals surface area (Å²) in [7, 11) is 0. The van der Waals surface area contributed by atoms with Crippen LogP contribution in [0.15, 0.2) is 54.2 Å². The number of Topliss-reactive ketones (excluding diaryl/α,β-unsaturated/α-hetero) is 1. The lowest BCUT2D eigenvalue weighted by molar-refractivity contribution is 0.0972. The molecule has 0 atom stereocenters. The quantitative estimate of drug-likeness (QED) is 0.494. The molecule has 0 spiro atoms. The molecule has 0 saturated heterocycles. The number of rotatable bonds is 4. The summed E-state index contributed by atoms with van der Waals surface area (Å²) in [6.07, 6.45) is 3.58. The molecule has 0 radical (unpaired) electrons. The molecule has 3 nitrogen and oxygen atoms in total. The predicted molar refractivity (Wildman–Crippen MR) is 89.0 cm³/mol. The number of hydrogen-bond acceptors (Lipinski definition) is 3. The van der Waals surface area contributed by atoms with E-state index in [0.717, 1.165) is 19.8 Å². The van der Waals surface area contributed by atoms with E-state index in [-0.39, 0.29) is 5.78 Å². The lowest BCUT2D eigenvalue weighted by Gasteiger charge is -2.06. The van der Waals surface area contributed by atoms with Crippen molar-refractivity contribution in [2.75, 3.05) is 0 Å². The van der Waals surface area contributed by atoms with Gasteiger partial charge in [-0.15, -0.1) is 11.3 Å². The van der Waals surface area contributed by atoms with Crippen molar-refractivity contribution in [3.8, 4) is 10.7 Å². The van der Waals surface area contributed by atoms with Gasteiger partial charge >= 0.3 is 0 Å². The normalized spacial score (nSPS) is 10.7. The molecule has 0 N–H and O–H groups in total. The van der Waals surface area contributed by atoms with Crippen LogP contribution in [0, 0.1) is 3.57 Å². The van der Waals surface area contributed by atoms with Gasteiger partial charge in [-0.05, 0) is 46.2 Å². The minimum absolute atomic E-state index is 0.0946. The fourth-order valence-corrected chi connectivity index (χ4v) is 3.05. The summed E-state index contributed by atoms with van der Waals surface area (Å²) in [4.78, 5) is 17.7. The van der Waals surface area contributed by atoms with Crippen molar-refractivity contribution in [1.82, 2.24) is 9.55 Å². The van der Waals surface area contributed by atoms with Gasteiger partial charge in [0.2, 0.25) is 0 Å². The minimum Gasteiger partial charge on any atom is -0.323 e. The number of hydrogen-bond donors (Lipinski definition) is 0. The number of carbonyl (C=O) groups is 1. The second kappa shape index (κ2) is 5.88. The Morgan fingerprint density at radius 2 is 2.05 bits per heavy atom.